The molecule has 0 aromatic heterocycles. The zero-order chi connectivity index (χ0) is 7.03. The molecule has 0 aromatic rings. The van der Waals surface area contributed by atoms with Crippen molar-refractivity contribution in [1.29, 1.82) is 0 Å². The molecular weight excluding hydrogens is 128 g/mol. The summed E-state index contributed by atoms with van der Waals surface area (Å²) in [4.78, 5) is 10.8. The fraction of sp³-hybridized carbons (Fsp3) is 0.857. The molecule has 10 heavy (non-hydrogen) atoms. The van der Waals surface area contributed by atoms with Crippen molar-refractivity contribution in [1.82, 2.24) is 10.6 Å². The van der Waals surface area contributed by atoms with Gasteiger partial charge in [-0.25, -0.2) is 0 Å². The lowest BCUT2D eigenvalue weighted by molar-refractivity contribution is -0.119. The first-order chi connectivity index (χ1) is 4.81. The zero-order valence-electron chi connectivity index (χ0n) is 5.94. The summed E-state index contributed by atoms with van der Waals surface area (Å²) in [7, 11) is 0. The Bertz CT molecular complexity index is 163. The highest BCUT2D eigenvalue weighted by Gasteiger charge is 2.43. The molecule has 0 radical (unpaired) electrons. The van der Waals surface area contributed by atoms with Crippen LogP contribution in [0.4, 0.5) is 0 Å². The summed E-state index contributed by atoms with van der Waals surface area (Å²) in [5.41, 5.74) is 0.451. The third kappa shape index (κ3) is 1.01. The summed E-state index contributed by atoms with van der Waals surface area (Å²) in [6, 6.07) is 0. The van der Waals surface area contributed by atoms with Gasteiger partial charge in [-0.3, -0.25) is 4.79 Å². The van der Waals surface area contributed by atoms with Gasteiger partial charge in [0.1, 0.15) is 0 Å². The minimum Gasteiger partial charge on any atom is -0.354 e. The Labute approximate surface area is 60.2 Å². The first-order valence-corrected chi connectivity index (χ1v) is 3.78. The number of rotatable bonds is 0. The number of nitrogens with one attached hydrogen (secondary N) is 2. The molecule has 1 heterocycles. The van der Waals surface area contributed by atoms with Gasteiger partial charge >= 0.3 is 0 Å². The van der Waals surface area contributed by atoms with Crippen LogP contribution in [0.5, 0.6) is 0 Å². The molecule has 1 saturated carbocycles. The maximum Gasteiger partial charge on any atom is 0.233 e. The lowest BCUT2D eigenvalue weighted by Gasteiger charge is -2.08. The molecule has 0 bridgehead atoms. The molecule has 2 aliphatic rings. The van der Waals surface area contributed by atoms with Crippen molar-refractivity contribution in [3.05, 3.63) is 0 Å². The van der Waals surface area contributed by atoms with E-state index < -0.39 is 0 Å². The molecule has 1 spiro atoms. The molecule has 0 atom stereocenters. The lowest BCUT2D eigenvalue weighted by Crippen LogP contribution is -2.29. The average Bonchev–Trinajstić information content (AvgIpc) is 2.67. The zero-order valence-corrected chi connectivity index (χ0v) is 5.94. The Morgan fingerprint density at radius 3 is 2.80 bits per heavy atom. The molecule has 3 heteroatoms. The minimum atomic E-state index is 0.142. The normalized spacial score (nSPS) is 29.4. The van der Waals surface area contributed by atoms with E-state index in [1.807, 2.05) is 0 Å². The Hall–Kier alpha value is -0.570. The molecule has 2 rings (SSSR count). The van der Waals surface area contributed by atoms with Crippen molar-refractivity contribution < 1.29 is 4.79 Å². The third-order valence-electron chi connectivity index (χ3n) is 2.40. The second-order valence-corrected chi connectivity index (χ2v) is 3.38. The highest BCUT2D eigenvalue weighted by atomic mass is 16.1. The molecule has 1 amide bonds. The van der Waals surface area contributed by atoms with Crippen molar-refractivity contribution in [2.75, 3.05) is 19.6 Å². The molecule has 1 aliphatic carbocycles. The van der Waals surface area contributed by atoms with Gasteiger partial charge in [0.2, 0.25) is 5.91 Å². The summed E-state index contributed by atoms with van der Waals surface area (Å²) in [6.45, 7) is 2.41. The minimum absolute atomic E-state index is 0.142. The van der Waals surface area contributed by atoms with Crippen LogP contribution in [-0.2, 0) is 4.79 Å². The summed E-state index contributed by atoms with van der Waals surface area (Å²) < 4.78 is 0. The molecule has 56 valence electrons. The molecule has 0 aromatic carbocycles. The summed E-state index contributed by atoms with van der Waals surface area (Å²) in [5.74, 6) is 0.142. The monoisotopic (exact) mass is 140 g/mol. The average molecular weight is 140 g/mol. The molecule has 2 fully saturated rings. The Morgan fingerprint density at radius 2 is 2.10 bits per heavy atom. The van der Waals surface area contributed by atoms with Crippen LogP contribution >= 0.6 is 0 Å². The van der Waals surface area contributed by atoms with Gasteiger partial charge in [-0.2, -0.15) is 0 Å². The van der Waals surface area contributed by atoms with E-state index >= 15 is 0 Å². The van der Waals surface area contributed by atoms with E-state index in [0.29, 0.717) is 12.0 Å². The van der Waals surface area contributed by atoms with Gasteiger partial charge in [-0.05, 0) is 12.8 Å². The van der Waals surface area contributed by atoms with E-state index in [9.17, 15) is 4.79 Å². The third-order valence-corrected chi connectivity index (χ3v) is 2.40. The van der Waals surface area contributed by atoms with E-state index in [4.69, 9.17) is 0 Å². The topological polar surface area (TPSA) is 41.1 Å². The fourth-order valence-corrected chi connectivity index (χ4v) is 1.38. The number of hydrogen-bond acceptors (Lipinski definition) is 2. The van der Waals surface area contributed by atoms with Gasteiger partial charge in [0.15, 0.2) is 0 Å². The number of hydrogen-bond donors (Lipinski definition) is 2. The smallest absolute Gasteiger partial charge is 0.233 e. The van der Waals surface area contributed by atoms with Gasteiger partial charge in [0.25, 0.3) is 0 Å². The van der Waals surface area contributed by atoms with Crippen LogP contribution in [0.15, 0.2) is 0 Å². The quantitative estimate of drug-likeness (QED) is 0.475. The van der Waals surface area contributed by atoms with Crippen LogP contribution < -0.4 is 10.6 Å². The van der Waals surface area contributed by atoms with E-state index in [0.717, 1.165) is 13.1 Å². The van der Waals surface area contributed by atoms with E-state index in [1.54, 1.807) is 0 Å². The van der Waals surface area contributed by atoms with Gasteiger partial charge in [-0.1, -0.05) is 0 Å². The predicted octanol–water partition coefficient (Wildman–Crippen LogP) is -0.514. The van der Waals surface area contributed by atoms with Crippen molar-refractivity contribution in [3.8, 4) is 0 Å². The van der Waals surface area contributed by atoms with E-state index in [1.165, 1.54) is 12.8 Å². The van der Waals surface area contributed by atoms with Crippen LogP contribution in [0, 0.1) is 5.41 Å². The SMILES string of the molecule is O=C1CNCC2(CC2)CN1. The van der Waals surface area contributed by atoms with Crippen molar-refractivity contribution in [2.45, 2.75) is 12.8 Å². The highest BCUT2D eigenvalue weighted by Crippen LogP contribution is 2.44. The first kappa shape index (κ1) is 6.16. The maximum absolute atomic E-state index is 10.8. The van der Waals surface area contributed by atoms with Crippen LogP contribution in [0.3, 0.4) is 0 Å². The number of amides is 1. The largest absolute Gasteiger partial charge is 0.354 e. The molecule has 2 N–H and O–H groups in total. The predicted molar refractivity (Wildman–Crippen MR) is 37.5 cm³/mol. The Kier molecular flexibility index (Phi) is 1.20. The number of carbonyl (C=O) groups excluding carboxylic acids is 1. The fourth-order valence-electron chi connectivity index (χ4n) is 1.38. The molecule has 1 saturated heterocycles. The van der Waals surface area contributed by atoms with Crippen LogP contribution in [0.2, 0.25) is 0 Å². The highest BCUT2D eigenvalue weighted by molar-refractivity contribution is 5.78. The molecule has 3 nitrogen and oxygen atoms in total. The van der Waals surface area contributed by atoms with Gasteiger partial charge < -0.3 is 10.6 Å². The Balaban J connectivity index is 1.98. The van der Waals surface area contributed by atoms with Gasteiger partial charge in [-0.15, -0.1) is 0 Å². The second-order valence-electron chi connectivity index (χ2n) is 3.38. The van der Waals surface area contributed by atoms with Crippen molar-refractivity contribution in [2.24, 2.45) is 5.41 Å². The maximum atomic E-state index is 10.8. The van der Waals surface area contributed by atoms with E-state index in [2.05, 4.69) is 10.6 Å². The molecular formula is C7H12N2O. The second kappa shape index (κ2) is 1.95. The van der Waals surface area contributed by atoms with E-state index in [-0.39, 0.29) is 5.91 Å². The summed E-state index contributed by atoms with van der Waals surface area (Å²) in [6.07, 6.45) is 2.56. The van der Waals surface area contributed by atoms with Gasteiger partial charge in [0.05, 0.1) is 6.54 Å². The standard InChI is InChI=1S/C7H12N2O/c10-6-3-8-4-7(1-2-7)5-9-6/h8H,1-5H2,(H,9,10). The van der Waals surface area contributed by atoms with Crippen molar-refractivity contribution >= 4 is 5.91 Å². The summed E-state index contributed by atoms with van der Waals surface area (Å²) >= 11 is 0. The van der Waals surface area contributed by atoms with Crippen molar-refractivity contribution in [3.63, 3.8) is 0 Å². The molecule has 0 unspecified atom stereocenters. The summed E-state index contributed by atoms with van der Waals surface area (Å²) in [5, 5.41) is 6.03. The first-order valence-electron chi connectivity index (χ1n) is 3.78. The molecule has 1 aliphatic heterocycles. The number of carbonyl (C=O) groups is 1. The lowest BCUT2D eigenvalue weighted by atomic mass is 10.1. The van der Waals surface area contributed by atoms with Crippen LogP contribution in [-0.4, -0.2) is 25.5 Å². The van der Waals surface area contributed by atoms with Gasteiger partial charge in [0, 0.05) is 18.5 Å². The van der Waals surface area contributed by atoms with Crippen LogP contribution in [0.25, 0.3) is 0 Å². The van der Waals surface area contributed by atoms with Crippen LogP contribution in [0.1, 0.15) is 12.8 Å². The Morgan fingerprint density at radius 1 is 1.30 bits per heavy atom.